The van der Waals surface area contributed by atoms with E-state index in [9.17, 15) is 9.59 Å². The van der Waals surface area contributed by atoms with Crippen LogP contribution in [0.25, 0.3) is 0 Å². The Balaban J connectivity index is 1.88. The van der Waals surface area contributed by atoms with Crippen molar-refractivity contribution < 1.29 is 9.59 Å². The Bertz CT molecular complexity index is 675. The number of imide groups is 1. The van der Waals surface area contributed by atoms with Crippen molar-refractivity contribution in [1.29, 1.82) is 0 Å². The van der Waals surface area contributed by atoms with Crippen LogP contribution in [0.3, 0.4) is 0 Å². The second-order valence-electron chi connectivity index (χ2n) is 6.40. The smallest absolute Gasteiger partial charge is 0.328 e. The van der Waals surface area contributed by atoms with Gasteiger partial charge < -0.3 is 15.1 Å². The zero-order valence-electron chi connectivity index (χ0n) is 15.0. The minimum atomic E-state index is -0.448. The van der Waals surface area contributed by atoms with Crippen LogP contribution < -0.4 is 5.32 Å². The number of hydrogen-bond acceptors (Lipinski definition) is 5. The van der Waals surface area contributed by atoms with E-state index in [0.717, 1.165) is 24.5 Å². The summed E-state index contributed by atoms with van der Waals surface area (Å²) in [7, 11) is 3.25. The Morgan fingerprint density at radius 2 is 1.88 bits per heavy atom. The molecule has 25 heavy (non-hydrogen) atoms. The van der Waals surface area contributed by atoms with E-state index in [1.807, 2.05) is 18.2 Å². The molecule has 2 atom stereocenters. The lowest BCUT2D eigenvalue weighted by Gasteiger charge is -2.40. The van der Waals surface area contributed by atoms with Gasteiger partial charge in [-0.3, -0.25) is 9.69 Å². The molecular weight excluding hydrogens is 318 g/mol. The Hall–Kier alpha value is -2.41. The van der Waals surface area contributed by atoms with Crippen LogP contribution in [-0.4, -0.2) is 78.4 Å². The standard InChI is InChI=1S/C18H25N5O2/c1-4-19-10-11-23-14(12-13-8-6-5-7-9-13)20-16-15(23)17(24)22(3)18(25)21(16)2/h5-9,15-16,19H,4,10-12H2,1-3H3. The molecule has 1 saturated heterocycles. The summed E-state index contributed by atoms with van der Waals surface area (Å²) >= 11 is 0. The molecule has 2 aliphatic heterocycles. The molecule has 1 fully saturated rings. The molecule has 1 aromatic carbocycles. The number of rotatable bonds is 6. The van der Waals surface area contributed by atoms with Gasteiger partial charge in [-0.05, 0) is 12.1 Å². The van der Waals surface area contributed by atoms with E-state index in [-0.39, 0.29) is 11.9 Å². The zero-order valence-corrected chi connectivity index (χ0v) is 15.0. The Morgan fingerprint density at radius 1 is 1.16 bits per heavy atom. The van der Waals surface area contributed by atoms with Crippen molar-refractivity contribution in [2.24, 2.45) is 4.99 Å². The lowest BCUT2D eigenvalue weighted by atomic mass is 10.1. The number of amidine groups is 1. The summed E-state index contributed by atoms with van der Waals surface area (Å²) in [6.45, 7) is 4.38. The fourth-order valence-electron chi connectivity index (χ4n) is 3.39. The summed E-state index contributed by atoms with van der Waals surface area (Å²) in [5.41, 5.74) is 1.14. The molecule has 2 heterocycles. The highest BCUT2D eigenvalue weighted by molar-refractivity contribution is 6.04. The van der Waals surface area contributed by atoms with E-state index in [1.54, 1.807) is 11.9 Å². The fraction of sp³-hybridized carbons (Fsp3) is 0.500. The molecule has 0 saturated carbocycles. The normalized spacial score (nSPS) is 23.2. The van der Waals surface area contributed by atoms with Crippen LogP contribution in [0.5, 0.6) is 0 Å². The van der Waals surface area contributed by atoms with Crippen molar-refractivity contribution >= 4 is 17.8 Å². The molecule has 0 bridgehead atoms. The highest BCUT2D eigenvalue weighted by Crippen LogP contribution is 2.28. The minimum absolute atomic E-state index is 0.184. The van der Waals surface area contributed by atoms with Gasteiger partial charge in [0.25, 0.3) is 5.91 Å². The maximum atomic E-state index is 12.7. The first-order valence-electron chi connectivity index (χ1n) is 8.67. The molecule has 0 radical (unpaired) electrons. The molecule has 0 spiro atoms. The molecule has 1 N–H and O–H groups in total. The van der Waals surface area contributed by atoms with Gasteiger partial charge >= 0.3 is 6.03 Å². The van der Waals surface area contributed by atoms with Gasteiger partial charge in [0.1, 0.15) is 5.84 Å². The average Bonchev–Trinajstić information content (AvgIpc) is 2.98. The lowest BCUT2D eigenvalue weighted by molar-refractivity contribution is -0.136. The first kappa shape index (κ1) is 17.4. The van der Waals surface area contributed by atoms with Crippen LogP contribution in [-0.2, 0) is 11.2 Å². The number of aliphatic imine (C=N–C) groups is 1. The Kier molecular flexibility index (Phi) is 5.03. The molecule has 1 aromatic rings. The molecule has 0 aromatic heterocycles. The third-order valence-electron chi connectivity index (χ3n) is 4.78. The number of hydrogen-bond donors (Lipinski definition) is 1. The monoisotopic (exact) mass is 343 g/mol. The van der Waals surface area contributed by atoms with Crippen LogP contribution in [0.2, 0.25) is 0 Å². The zero-order chi connectivity index (χ0) is 18.0. The first-order chi connectivity index (χ1) is 12.0. The molecule has 7 nitrogen and oxygen atoms in total. The fourth-order valence-corrected chi connectivity index (χ4v) is 3.39. The highest BCUT2D eigenvalue weighted by Gasteiger charge is 2.50. The molecule has 2 aliphatic rings. The summed E-state index contributed by atoms with van der Waals surface area (Å²) in [5, 5.41) is 3.30. The van der Waals surface area contributed by atoms with Crippen molar-refractivity contribution in [3.63, 3.8) is 0 Å². The highest BCUT2D eigenvalue weighted by atomic mass is 16.2. The molecule has 0 aliphatic carbocycles. The van der Waals surface area contributed by atoms with E-state index < -0.39 is 12.2 Å². The molecular formula is C18H25N5O2. The van der Waals surface area contributed by atoms with Gasteiger partial charge in [-0.2, -0.15) is 0 Å². The quantitative estimate of drug-likeness (QED) is 0.775. The number of nitrogens with zero attached hydrogens (tertiary/aromatic N) is 4. The van der Waals surface area contributed by atoms with Gasteiger partial charge in [0.2, 0.25) is 0 Å². The van der Waals surface area contributed by atoms with Gasteiger partial charge in [0.15, 0.2) is 12.2 Å². The Morgan fingerprint density at radius 3 is 2.56 bits per heavy atom. The Labute approximate surface area is 148 Å². The van der Waals surface area contributed by atoms with Gasteiger partial charge in [0, 0.05) is 33.6 Å². The summed E-state index contributed by atoms with van der Waals surface area (Å²) in [6.07, 6.45) is 0.204. The summed E-state index contributed by atoms with van der Waals surface area (Å²) in [4.78, 5) is 34.6. The van der Waals surface area contributed by atoms with Crippen LogP contribution in [0.4, 0.5) is 4.79 Å². The minimum Gasteiger partial charge on any atom is -0.343 e. The second kappa shape index (κ2) is 7.23. The van der Waals surface area contributed by atoms with Gasteiger partial charge in [-0.15, -0.1) is 0 Å². The van der Waals surface area contributed by atoms with Crippen molar-refractivity contribution in [2.75, 3.05) is 33.7 Å². The lowest BCUT2D eigenvalue weighted by Crippen LogP contribution is -2.64. The number of amides is 3. The topological polar surface area (TPSA) is 68.2 Å². The average molecular weight is 343 g/mol. The van der Waals surface area contributed by atoms with Crippen LogP contribution >= 0.6 is 0 Å². The number of fused-ring (bicyclic) bond motifs is 1. The van der Waals surface area contributed by atoms with E-state index in [4.69, 9.17) is 4.99 Å². The number of likely N-dealkylation sites (N-methyl/N-ethyl adjacent to an activating group) is 3. The van der Waals surface area contributed by atoms with Gasteiger partial charge in [-0.25, -0.2) is 9.79 Å². The van der Waals surface area contributed by atoms with Crippen molar-refractivity contribution in [1.82, 2.24) is 20.0 Å². The number of nitrogens with one attached hydrogen (secondary N) is 1. The van der Waals surface area contributed by atoms with Crippen LogP contribution in [0, 0.1) is 0 Å². The largest absolute Gasteiger partial charge is 0.343 e. The summed E-state index contributed by atoms with van der Waals surface area (Å²) in [5.74, 6) is 0.679. The molecule has 7 heteroatoms. The van der Waals surface area contributed by atoms with Gasteiger partial charge in [-0.1, -0.05) is 37.3 Å². The maximum Gasteiger partial charge on any atom is 0.328 e. The van der Waals surface area contributed by atoms with Crippen LogP contribution in [0.1, 0.15) is 12.5 Å². The third-order valence-corrected chi connectivity index (χ3v) is 4.78. The van der Waals surface area contributed by atoms with Crippen molar-refractivity contribution in [2.45, 2.75) is 25.6 Å². The number of benzene rings is 1. The predicted octanol–water partition coefficient (Wildman–Crippen LogP) is 0.771. The molecule has 3 amide bonds. The van der Waals surface area contributed by atoms with E-state index in [2.05, 4.69) is 29.3 Å². The van der Waals surface area contributed by atoms with E-state index >= 15 is 0 Å². The maximum absolute atomic E-state index is 12.7. The first-order valence-corrected chi connectivity index (χ1v) is 8.67. The van der Waals surface area contributed by atoms with Crippen molar-refractivity contribution in [3.8, 4) is 0 Å². The number of urea groups is 1. The summed E-state index contributed by atoms with van der Waals surface area (Å²) in [6, 6.07) is 9.33. The number of carbonyl (C=O) groups is 2. The van der Waals surface area contributed by atoms with E-state index in [1.165, 1.54) is 11.9 Å². The third kappa shape index (κ3) is 3.24. The van der Waals surface area contributed by atoms with Crippen molar-refractivity contribution in [3.05, 3.63) is 35.9 Å². The summed E-state index contributed by atoms with van der Waals surface area (Å²) < 4.78 is 0. The number of carbonyl (C=O) groups excluding carboxylic acids is 2. The van der Waals surface area contributed by atoms with Crippen LogP contribution in [0.15, 0.2) is 35.3 Å². The van der Waals surface area contributed by atoms with E-state index in [0.29, 0.717) is 13.0 Å². The molecule has 2 unspecified atom stereocenters. The predicted molar refractivity (Wildman–Crippen MR) is 96.3 cm³/mol. The second-order valence-corrected chi connectivity index (χ2v) is 6.40. The SMILES string of the molecule is CCNCCN1C(Cc2ccccc2)=NC2C1C(=O)N(C)C(=O)N2C. The molecule has 134 valence electrons. The molecule has 3 rings (SSSR count). The van der Waals surface area contributed by atoms with Gasteiger partial charge in [0.05, 0.1) is 0 Å².